The number of rotatable bonds is 5. The molecule has 10 heteroatoms. The van der Waals surface area contributed by atoms with Gasteiger partial charge in [0, 0.05) is 18.9 Å². The zero-order chi connectivity index (χ0) is 15.4. The van der Waals surface area contributed by atoms with Crippen LogP contribution in [0.1, 0.15) is 6.92 Å². The molecule has 3 N–H and O–H groups in total. The Morgan fingerprint density at radius 3 is 2.50 bits per heavy atom. The summed E-state index contributed by atoms with van der Waals surface area (Å²) in [5, 5.41) is 16.0. The Labute approximate surface area is 111 Å². The fourth-order valence-corrected chi connectivity index (χ4v) is 1.23. The monoisotopic (exact) mass is 294 g/mol. The maximum Gasteiger partial charge on any atom is 0.422 e. The summed E-state index contributed by atoms with van der Waals surface area (Å²) in [6, 6.07) is 0.421. The summed E-state index contributed by atoms with van der Waals surface area (Å²) in [7, 11) is 0. The van der Waals surface area contributed by atoms with Crippen molar-refractivity contribution in [3.63, 3.8) is 0 Å². The molecule has 0 aliphatic rings. The summed E-state index contributed by atoms with van der Waals surface area (Å²) < 4.78 is 39.3. The molecule has 0 aliphatic heterocycles. The molecule has 1 rings (SSSR count). The Morgan fingerprint density at radius 1 is 1.40 bits per heavy atom. The number of hydrogen-bond donors (Lipinski definition) is 3. The molecule has 1 unspecified atom stereocenters. The SMILES string of the molecule is CC(NC(=O)NCCn1cccn1)(C(=O)O)C(F)(F)F. The lowest BCUT2D eigenvalue weighted by molar-refractivity contribution is -0.203. The molecule has 0 fully saturated rings. The van der Waals surface area contributed by atoms with Crippen LogP contribution in [0.4, 0.5) is 18.0 Å². The highest BCUT2D eigenvalue weighted by Gasteiger charge is 2.58. The molecule has 0 aliphatic carbocycles. The number of aliphatic carboxylic acids is 1. The smallest absolute Gasteiger partial charge is 0.422 e. The van der Waals surface area contributed by atoms with Crippen molar-refractivity contribution in [3.8, 4) is 0 Å². The first-order chi connectivity index (χ1) is 9.17. The van der Waals surface area contributed by atoms with Gasteiger partial charge in [-0.15, -0.1) is 0 Å². The van der Waals surface area contributed by atoms with E-state index >= 15 is 0 Å². The number of carboxylic acid groups (broad SMARTS) is 1. The van der Waals surface area contributed by atoms with Crippen molar-refractivity contribution in [2.75, 3.05) is 6.54 Å². The third-order valence-electron chi connectivity index (χ3n) is 2.54. The molecule has 0 saturated carbocycles. The first-order valence-electron chi connectivity index (χ1n) is 5.50. The zero-order valence-corrected chi connectivity index (χ0v) is 10.4. The largest absolute Gasteiger partial charge is 0.479 e. The summed E-state index contributed by atoms with van der Waals surface area (Å²) >= 11 is 0. The van der Waals surface area contributed by atoms with Crippen molar-refractivity contribution < 1.29 is 27.9 Å². The average molecular weight is 294 g/mol. The second kappa shape index (κ2) is 5.80. The van der Waals surface area contributed by atoms with Crippen LogP contribution in [0.5, 0.6) is 0 Å². The van der Waals surface area contributed by atoms with Crippen molar-refractivity contribution in [2.24, 2.45) is 0 Å². The Balaban J connectivity index is 2.53. The van der Waals surface area contributed by atoms with Gasteiger partial charge in [0.2, 0.25) is 5.54 Å². The highest BCUT2D eigenvalue weighted by Crippen LogP contribution is 2.30. The number of alkyl halides is 3. The van der Waals surface area contributed by atoms with Crippen LogP contribution in [0.2, 0.25) is 0 Å². The Bertz CT molecular complexity index is 475. The van der Waals surface area contributed by atoms with Crippen LogP contribution in [-0.4, -0.2) is 45.1 Å². The van der Waals surface area contributed by atoms with Crippen LogP contribution in [0.25, 0.3) is 0 Å². The molecular formula is C10H13F3N4O3. The highest BCUT2D eigenvalue weighted by atomic mass is 19.4. The van der Waals surface area contributed by atoms with Crippen LogP contribution < -0.4 is 10.6 Å². The Kier molecular flexibility index (Phi) is 4.58. The van der Waals surface area contributed by atoms with E-state index in [9.17, 15) is 22.8 Å². The Morgan fingerprint density at radius 2 is 2.05 bits per heavy atom. The van der Waals surface area contributed by atoms with Crippen molar-refractivity contribution in [2.45, 2.75) is 25.2 Å². The van der Waals surface area contributed by atoms with Gasteiger partial charge in [-0.05, 0) is 13.0 Å². The van der Waals surface area contributed by atoms with Gasteiger partial charge in [0.15, 0.2) is 0 Å². The maximum atomic E-state index is 12.6. The second-order valence-corrected chi connectivity index (χ2v) is 4.08. The molecule has 2 amide bonds. The molecule has 0 radical (unpaired) electrons. The lowest BCUT2D eigenvalue weighted by Crippen LogP contribution is -2.63. The van der Waals surface area contributed by atoms with Crippen LogP contribution in [0.3, 0.4) is 0 Å². The van der Waals surface area contributed by atoms with E-state index < -0.39 is 23.7 Å². The Hall–Kier alpha value is -2.26. The molecule has 1 atom stereocenters. The van der Waals surface area contributed by atoms with Gasteiger partial charge in [0.25, 0.3) is 0 Å². The number of carbonyl (C=O) groups excluding carboxylic acids is 1. The van der Waals surface area contributed by atoms with Gasteiger partial charge in [0.1, 0.15) is 0 Å². The minimum absolute atomic E-state index is 0.00106. The predicted molar refractivity (Wildman–Crippen MR) is 60.9 cm³/mol. The highest BCUT2D eigenvalue weighted by molar-refractivity contribution is 5.86. The number of carboxylic acids is 1. The maximum absolute atomic E-state index is 12.6. The number of aromatic nitrogens is 2. The third kappa shape index (κ3) is 3.62. The fourth-order valence-electron chi connectivity index (χ4n) is 1.23. The summed E-state index contributed by atoms with van der Waals surface area (Å²) in [6.45, 7) is 0.625. The minimum atomic E-state index is -5.11. The van der Waals surface area contributed by atoms with Gasteiger partial charge in [0.05, 0.1) is 6.54 Å². The standard InChI is InChI=1S/C10H13F3N4O3/c1-9(7(18)19,10(11,12)13)16-8(20)14-4-6-17-5-2-3-15-17/h2-3,5H,4,6H2,1H3,(H,18,19)(H2,14,16,20). The molecule has 0 aromatic carbocycles. The summed E-state index contributed by atoms with van der Waals surface area (Å²) in [5.41, 5.74) is -3.34. The summed E-state index contributed by atoms with van der Waals surface area (Å²) in [5.74, 6) is -2.19. The van der Waals surface area contributed by atoms with Crippen LogP contribution in [0, 0.1) is 0 Å². The van der Waals surface area contributed by atoms with E-state index in [0.717, 1.165) is 0 Å². The number of nitrogens with zero attached hydrogens (tertiary/aromatic N) is 2. The van der Waals surface area contributed by atoms with Gasteiger partial charge in [-0.1, -0.05) is 0 Å². The number of halogens is 3. The quantitative estimate of drug-likeness (QED) is 0.740. The molecule has 1 aromatic heterocycles. The molecule has 0 spiro atoms. The van der Waals surface area contributed by atoms with E-state index in [2.05, 4.69) is 10.4 Å². The number of amides is 2. The summed E-state index contributed by atoms with van der Waals surface area (Å²) in [4.78, 5) is 22.0. The van der Waals surface area contributed by atoms with Crippen molar-refractivity contribution in [1.82, 2.24) is 20.4 Å². The van der Waals surface area contributed by atoms with Gasteiger partial charge in [-0.2, -0.15) is 18.3 Å². The second-order valence-electron chi connectivity index (χ2n) is 4.08. The molecule has 7 nitrogen and oxygen atoms in total. The molecule has 0 saturated heterocycles. The van der Waals surface area contributed by atoms with Crippen LogP contribution >= 0.6 is 0 Å². The minimum Gasteiger partial charge on any atom is -0.479 e. The van der Waals surface area contributed by atoms with Gasteiger partial charge in [-0.3, -0.25) is 4.68 Å². The third-order valence-corrected chi connectivity index (χ3v) is 2.54. The molecule has 20 heavy (non-hydrogen) atoms. The van der Waals surface area contributed by atoms with Crippen molar-refractivity contribution in [1.29, 1.82) is 0 Å². The van der Waals surface area contributed by atoms with Crippen molar-refractivity contribution in [3.05, 3.63) is 18.5 Å². The number of carbonyl (C=O) groups is 2. The lowest BCUT2D eigenvalue weighted by Gasteiger charge is -2.28. The number of hydrogen-bond acceptors (Lipinski definition) is 3. The fraction of sp³-hybridized carbons (Fsp3) is 0.500. The van der Waals surface area contributed by atoms with Crippen molar-refractivity contribution >= 4 is 12.0 Å². The van der Waals surface area contributed by atoms with E-state index in [1.54, 1.807) is 12.3 Å². The van der Waals surface area contributed by atoms with E-state index in [0.29, 0.717) is 6.92 Å². The molecule has 112 valence electrons. The first kappa shape index (κ1) is 15.8. The van der Waals surface area contributed by atoms with Crippen LogP contribution in [-0.2, 0) is 11.3 Å². The zero-order valence-electron chi connectivity index (χ0n) is 10.4. The van der Waals surface area contributed by atoms with Gasteiger partial charge < -0.3 is 15.7 Å². The van der Waals surface area contributed by atoms with E-state index in [1.807, 2.05) is 0 Å². The topological polar surface area (TPSA) is 96.3 Å². The predicted octanol–water partition coefficient (Wildman–Crippen LogP) is 0.588. The van der Waals surface area contributed by atoms with E-state index in [-0.39, 0.29) is 13.1 Å². The van der Waals surface area contributed by atoms with Crippen LogP contribution in [0.15, 0.2) is 18.5 Å². The molecular weight excluding hydrogens is 281 g/mol. The molecule has 0 bridgehead atoms. The van der Waals surface area contributed by atoms with Gasteiger partial charge in [-0.25, -0.2) is 9.59 Å². The first-order valence-corrected chi connectivity index (χ1v) is 5.50. The molecule has 1 heterocycles. The van der Waals surface area contributed by atoms with E-state index in [4.69, 9.17) is 5.11 Å². The molecule has 1 aromatic rings. The number of urea groups is 1. The van der Waals surface area contributed by atoms with Gasteiger partial charge >= 0.3 is 18.2 Å². The number of nitrogens with one attached hydrogen (secondary N) is 2. The average Bonchev–Trinajstić information content (AvgIpc) is 2.80. The normalized spacial score (nSPS) is 14.4. The van der Waals surface area contributed by atoms with E-state index in [1.165, 1.54) is 16.2 Å². The summed E-state index contributed by atoms with van der Waals surface area (Å²) in [6.07, 6.45) is -2.00. The lowest BCUT2D eigenvalue weighted by atomic mass is 10.0.